The molecule has 0 bridgehead atoms. The molecule has 1 amide bonds. The fourth-order valence-electron chi connectivity index (χ4n) is 5.38. The molecule has 2 aliphatic rings. The van der Waals surface area contributed by atoms with E-state index < -0.39 is 5.60 Å². The first-order chi connectivity index (χ1) is 16.3. The predicted molar refractivity (Wildman–Crippen MR) is 138 cm³/mol. The second kappa shape index (κ2) is 10.9. The summed E-state index contributed by atoms with van der Waals surface area (Å²) < 4.78 is 5.54. The van der Waals surface area contributed by atoms with Gasteiger partial charge in [-0.1, -0.05) is 67.1 Å². The van der Waals surface area contributed by atoms with Gasteiger partial charge in [0.1, 0.15) is 5.60 Å². The van der Waals surface area contributed by atoms with Crippen molar-refractivity contribution < 1.29 is 9.53 Å². The zero-order valence-corrected chi connectivity index (χ0v) is 21.3. The predicted octanol–water partition coefficient (Wildman–Crippen LogP) is 5.57. The maximum absolute atomic E-state index is 12.4. The summed E-state index contributed by atoms with van der Waals surface area (Å²) in [6.45, 7) is 9.84. The molecular weight excluding hydrogens is 422 g/mol. The van der Waals surface area contributed by atoms with Gasteiger partial charge in [0.05, 0.1) is 6.04 Å². The molecule has 0 spiro atoms. The van der Waals surface area contributed by atoms with Gasteiger partial charge in [0.2, 0.25) is 0 Å². The summed E-state index contributed by atoms with van der Waals surface area (Å²) in [5, 5.41) is 0. The molecule has 5 nitrogen and oxygen atoms in total. The smallest absolute Gasteiger partial charge is 0.410 e. The topological polar surface area (TPSA) is 36.0 Å². The van der Waals surface area contributed by atoms with Crippen molar-refractivity contribution in [3.8, 4) is 0 Å². The third-order valence-electron chi connectivity index (χ3n) is 7.13. The summed E-state index contributed by atoms with van der Waals surface area (Å²) in [4.78, 5) is 19.5. The van der Waals surface area contributed by atoms with Gasteiger partial charge in [-0.3, -0.25) is 9.80 Å². The van der Waals surface area contributed by atoms with Crippen LogP contribution in [-0.4, -0.2) is 71.7 Å². The highest BCUT2D eigenvalue weighted by Crippen LogP contribution is 2.35. The van der Waals surface area contributed by atoms with Crippen LogP contribution in [0.1, 0.15) is 63.6 Å². The second-order valence-electron chi connectivity index (χ2n) is 10.9. The number of hydrogen-bond donors (Lipinski definition) is 0. The van der Waals surface area contributed by atoms with Crippen LogP contribution >= 0.6 is 0 Å². The molecule has 0 radical (unpaired) electrons. The van der Waals surface area contributed by atoms with Gasteiger partial charge in [0.25, 0.3) is 0 Å². The Balaban J connectivity index is 1.37. The van der Waals surface area contributed by atoms with E-state index in [2.05, 4.69) is 70.5 Å². The summed E-state index contributed by atoms with van der Waals surface area (Å²) in [7, 11) is 1.86. The van der Waals surface area contributed by atoms with E-state index in [4.69, 9.17) is 4.74 Å². The minimum atomic E-state index is -0.453. The number of piperidine rings is 1. The Kier molecular flexibility index (Phi) is 7.95. The minimum Gasteiger partial charge on any atom is -0.444 e. The molecule has 0 aliphatic carbocycles. The third kappa shape index (κ3) is 6.19. The van der Waals surface area contributed by atoms with Gasteiger partial charge in [-0.15, -0.1) is 0 Å². The SMILES string of the molecule is CN(CCC1CCCCN1C1CN(C(c2ccccc2)c2ccccc2)C1)C(=O)OC(C)(C)C. The number of hydrogen-bond acceptors (Lipinski definition) is 4. The Morgan fingerprint density at radius 1 is 1.00 bits per heavy atom. The number of carbonyl (C=O) groups is 1. The highest BCUT2D eigenvalue weighted by Gasteiger charge is 2.40. The van der Waals surface area contributed by atoms with E-state index >= 15 is 0 Å². The van der Waals surface area contributed by atoms with E-state index in [-0.39, 0.29) is 6.09 Å². The molecule has 2 heterocycles. The van der Waals surface area contributed by atoms with Crippen molar-refractivity contribution >= 4 is 6.09 Å². The average Bonchev–Trinajstić information content (AvgIpc) is 2.80. The van der Waals surface area contributed by atoms with Crippen LogP contribution in [0.2, 0.25) is 0 Å². The van der Waals surface area contributed by atoms with Crippen LogP contribution < -0.4 is 0 Å². The Hall–Kier alpha value is -2.37. The van der Waals surface area contributed by atoms with Gasteiger partial charge in [-0.05, 0) is 57.7 Å². The highest BCUT2D eigenvalue weighted by atomic mass is 16.6. The van der Waals surface area contributed by atoms with Crippen LogP contribution in [0, 0.1) is 0 Å². The number of ether oxygens (including phenoxy) is 1. The van der Waals surface area contributed by atoms with Crippen LogP contribution in [0.15, 0.2) is 60.7 Å². The van der Waals surface area contributed by atoms with Gasteiger partial charge in [-0.25, -0.2) is 4.79 Å². The lowest BCUT2D eigenvalue weighted by Crippen LogP contribution is -2.63. The van der Waals surface area contributed by atoms with E-state index in [0.29, 0.717) is 18.1 Å². The summed E-state index contributed by atoms with van der Waals surface area (Å²) in [6.07, 6.45) is 4.56. The van der Waals surface area contributed by atoms with Crippen molar-refractivity contribution in [3.63, 3.8) is 0 Å². The number of amides is 1. The van der Waals surface area contributed by atoms with Crippen LogP contribution in [0.3, 0.4) is 0 Å². The monoisotopic (exact) mass is 463 g/mol. The molecule has 1 unspecified atom stereocenters. The van der Waals surface area contributed by atoms with Crippen LogP contribution in [-0.2, 0) is 4.74 Å². The quantitative estimate of drug-likeness (QED) is 0.538. The van der Waals surface area contributed by atoms with Gasteiger partial charge in [-0.2, -0.15) is 0 Å². The van der Waals surface area contributed by atoms with Crippen molar-refractivity contribution in [2.45, 2.75) is 70.2 Å². The Bertz CT molecular complexity index is 866. The maximum atomic E-state index is 12.4. The first-order valence-electron chi connectivity index (χ1n) is 12.9. The number of carbonyl (C=O) groups excluding carboxylic acids is 1. The Morgan fingerprint density at radius 2 is 1.59 bits per heavy atom. The molecule has 4 rings (SSSR count). The van der Waals surface area contributed by atoms with E-state index in [1.165, 1.54) is 36.9 Å². The fourth-order valence-corrected chi connectivity index (χ4v) is 5.38. The lowest BCUT2D eigenvalue weighted by Gasteiger charge is -2.52. The van der Waals surface area contributed by atoms with Crippen molar-refractivity contribution in [1.29, 1.82) is 0 Å². The molecular formula is C29H41N3O2. The normalized spacial score (nSPS) is 20.2. The number of rotatable bonds is 7. The molecule has 0 N–H and O–H groups in total. The second-order valence-corrected chi connectivity index (χ2v) is 10.9. The molecule has 0 aromatic heterocycles. The summed E-state index contributed by atoms with van der Waals surface area (Å²) in [5.41, 5.74) is 2.27. The largest absolute Gasteiger partial charge is 0.444 e. The van der Waals surface area contributed by atoms with Crippen LogP contribution in [0.5, 0.6) is 0 Å². The highest BCUT2D eigenvalue weighted by molar-refractivity contribution is 5.67. The summed E-state index contributed by atoms with van der Waals surface area (Å²) in [6, 6.07) is 23.2. The van der Waals surface area contributed by atoms with E-state index in [1.807, 2.05) is 27.8 Å². The van der Waals surface area contributed by atoms with Crippen molar-refractivity contribution in [1.82, 2.24) is 14.7 Å². The molecule has 2 saturated heterocycles. The Morgan fingerprint density at radius 3 is 2.15 bits per heavy atom. The molecule has 34 heavy (non-hydrogen) atoms. The molecule has 2 aromatic carbocycles. The Labute approximate surface area is 205 Å². The van der Waals surface area contributed by atoms with Crippen molar-refractivity contribution in [3.05, 3.63) is 71.8 Å². The van der Waals surface area contributed by atoms with Crippen LogP contribution in [0.4, 0.5) is 4.79 Å². The molecule has 184 valence electrons. The first kappa shape index (κ1) is 24.7. The number of likely N-dealkylation sites (tertiary alicyclic amines) is 2. The zero-order chi connectivity index (χ0) is 24.1. The van der Waals surface area contributed by atoms with Crippen molar-refractivity contribution in [2.24, 2.45) is 0 Å². The summed E-state index contributed by atoms with van der Waals surface area (Å²) in [5.74, 6) is 0. The van der Waals surface area contributed by atoms with E-state index in [9.17, 15) is 4.79 Å². The fraction of sp³-hybridized carbons (Fsp3) is 0.552. The standard InChI is InChI=1S/C29H41N3O2/c1-29(2,3)34-28(33)30(4)20-18-25-17-11-12-19-32(25)26-21-31(22-26)27(23-13-7-5-8-14-23)24-15-9-6-10-16-24/h5-10,13-16,25-27H,11-12,17-22H2,1-4H3. The average molecular weight is 464 g/mol. The molecule has 2 fully saturated rings. The van der Waals surface area contributed by atoms with Gasteiger partial charge >= 0.3 is 6.09 Å². The van der Waals surface area contributed by atoms with E-state index in [0.717, 1.165) is 26.1 Å². The number of benzene rings is 2. The molecule has 0 saturated carbocycles. The number of nitrogens with zero attached hydrogens (tertiary/aromatic N) is 3. The maximum Gasteiger partial charge on any atom is 0.410 e. The molecule has 2 aliphatic heterocycles. The van der Waals surface area contributed by atoms with Gasteiger partial charge in [0, 0.05) is 38.8 Å². The van der Waals surface area contributed by atoms with E-state index in [1.54, 1.807) is 4.90 Å². The first-order valence-corrected chi connectivity index (χ1v) is 12.9. The van der Waals surface area contributed by atoms with Crippen LogP contribution in [0.25, 0.3) is 0 Å². The van der Waals surface area contributed by atoms with Gasteiger partial charge in [0.15, 0.2) is 0 Å². The minimum absolute atomic E-state index is 0.224. The molecule has 5 heteroatoms. The van der Waals surface area contributed by atoms with Gasteiger partial charge < -0.3 is 9.64 Å². The lowest BCUT2D eigenvalue weighted by atomic mass is 9.90. The summed E-state index contributed by atoms with van der Waals surface area (Å²) >= 11 is 0. The molecule has 2 aromatic rings. The zero-order valence-electron chi connectivity index (χ0n) is 21.3. The third-order valence-corrected chi connectivity index (χ3v) is 7.13. The van der Waals surface area contributed by atoms with Crippen molar-refractivity contribution in [2.75, 3.05) is 33.2 Å². The lowest BCUT2D eigenvalue weighted by molar-refractivity contribution is -0.0255. The molecule has 1 atom stereocenters.